The molecule has 0 bridgehead atoms. The molecule has 2 aliphatic carbocycles. The Hall–Kier alpha value is -1.99. The number of para-hydroxylation sites is 1. The molecular formula is C16H15NO5S. The Morgan fingerprint density at radius 1 is 1.04 bits per heavy atom. The number of nitrogens with zero attached hydrogens (tertiary/aromatic N) is 1. The van der Waals surface area contributed by atoms with E-state index in [1.165, 1.54) is 0 Å². The molecule has 6 nitrogen and oxygen atoms in total. The van der Waals surface area contributed by atoms with Crippen LogP contribution in [-0.4, -0.2) is 21.1 Å². The van der Waals surface area contributed by atoms with Crippen LogP contribution in [0.2, 0.25) is 0 Å². The molecule has 0 radical (unpaired) electrons. The second kappa shape index (κ2) is 5.58. The van der Waals surface area contributed by atoms with E-state index in [1.54, 1.807) is 30.3 Å². The van der Waals surface area contributed by atoms with Crippen LogP contribution in [0.4, 0.5) is 0 Å². The van der Waals surface area contributed by atoms with Crippen molar-refractivity contribution in [2.24, 2.45) is 23.7 Å². The van der Waals surface area contributed by atoms with Crippen molar-refractivity contribution in [2.75, 3.05) is 0 Å². The molecule has 2 amide bonds. The van der Waals surface area contributed by atoms with Crippen molar-refractivity contribution in [2.45, 2.75) is 12.8 Å². The van der Waals surface area contributed by atoms with Gasteiger partial charge < -0.3 is 4.18 Å². The van der Waals surface area contributed by atoms with Crippen LogP contribution in [-0.2, 0) is 25.2 Å². The minimum absolute atomic E-state index is 0.0993. The number of carbonyl (C=O) groups is 2. The fourth-order valence-electron chi connectivity index (χ4n) is 3.60. The average molecular weight is 333 g/mol. The van der Waals surface area contributed by atoms with Gasteiger partial charge in [0.25, 0.3) is 11.8 Å². The zero-order valence-electron chi connectivity index (χ0n) is 12.2. The lowest BCUT2D eigenvalue weighted by molar-refractivity contribution is -0.165. The second-order valence-corrected chi connectivity index (χ2v) is 6.71. The van der Waals surface area contributed by atoms with Gasteiger partial charge in [0.05, 0.1) is 11.8 Å². The fourth-order valence-corrected chi connectivity index (χ4v) is 4.17. The molecule has 7 heteroatoms. The largest absolute Gasteiger partial charge is 0.383 e. The molecule has 0 spiro atoms. The lowest BCUT2D eigenvalue weighted by atomic mass is 9.62. The van der Waals surface area contributed by atoms with Gasteiger partial charge in [-0.15, -0.1) is 9.35 Å². The molecule has 1 aliphatic heterocycles. The highest BCUT2D eigenvalue weighted by Gasteiger charge is 2.56. The topological polar surface area (TPSA) is 72.9 Å². The molecule has 5 unspecified atom stereocenters. The van der Waals surface area contributed by atoms with Crippen LogP contribution < -0.4 is 4.18 Å². The van der Waals surface area contributed by atoms with Gasteiger partial charge >= 0.3 is 11.4 Å². The number of allylic oxidation sites excluding steroid dienone is 2. The first-order chi connectivity index (χ1) is 11.1. The molecule has 0 N–H and O–H groups in total. The molecule has 3 aliphatic rings. The Morgan fingerprint density at radius 3 is 2.52 bits per heavy atom. The quantitative estimate of drug-likeness (QED) is 0.620. The maximum Gasteiger partial charge on any atom is 0.383 e. The van der Waals surface area contributed by atoms with Crippen molar-refractivity contribution < 1.29 is 22.3 Å². The third-order valence-electron chi connectivity index (χ3n) is 4.78. The van der Waals surface area contributed by atoms with E-state index in [1.807, 2.05) is 6.08 Å². The first-order valence-corrected chi connectivity index (χ1v) is 8.55. The van der Waals surface area contributed by atoms with Gasteiger partial charge in [-0.1, -0.05) is 30.4 Å². The molecule has 1 aromatic carbocycles. The Labute approximate surface area is 135 Å². The summed E-state index contributed by atoms with van der Waals surface area (Å²) in [7, 11) is 0. The van der Waals surface area contributed by atoms with Crippen LogP contribution >= 0.6 is 0 Å². The standard InChI is InChI=1S/C16H15NO5S/c18-15-13-9-7-10-6-8-12(10)14(13)16(19)17(15)22-23(20)21-11-4-2-1-3-5-11/h1-6,8,10,12-14H,7,9H2. The number of benzene rings is 1. The maximum atomic E-state index is 12.5. The minimum atomic E-state index is -2.25. The van der Waals surface area contributed by atoms with Crippen LogP contribution in [0.5, 0.6) is 5.75 Å². The number of hydrogen-bond acceptors (Lipinski definition) is 5. The molecule has 1 aromatic rings. The van der Waals surface area contributed by atoms with Crippen molar-refractivity contribution in [3.63, 3.8) is 0 Å². The van der Waals surface area contributed by atoms with E-state index in [9.17, 15) is 13.8 Å². The van der Waals surface area contributed by atoms with Crippen LogP contribution in [0.3, 0.4) is 0 Å². The summed E-state index contributed by atoms with van der Waals surface area (Å²) < 4.78 is 22.0. The summed E-state index contributed by atoms with van der Waals surface area (Å²) in [5, 5.41) is 0.642. The van der Waals surface area contributed by atoms with E-state index in [4.69, 9.17) is 8.47 Å². The van der Waals surface area contributed by atoms with Crippen molar-refractivity contribution in [1.82, 2.24) is 5.06 Å². The molecule has 2 fully saturated rings. The third kappa shape index (κ3) is 2.40. The van der Waals surface area contributed by atoms with Gasteiger partial charge in [0.1, 0.15) is 5.75 Å². The van der Waals surface area contributed by atoms with Gasteiger partial charge in [0, 0.05) is 0 Å². The Balaban J connectivity index is 1.47. The summed E-state index contributed by atoms with van der Waals surface area (Å²) in [6.45, 7) is 0. The van der Waals surface area contributed by atoms with Crippen LogP contribution in [0.25, 0.3) is 0 Å². The normalized spacial score (nSPS) is 33.0. The first-order valence-electron chi connectivity index (χ1n) is 7.55. The molecule has 4 rings (SSSR count). The van der Waals surface area contributed by atoms with E-state index in [-0.39, 0.29) is 17.8 Å². The lowest BCUT2D eigenvalue weighted by Crippen LogP contribution is -2.39. The Bertz CT molecular complexity index is 704. The molecule has 1 heterocycles. The van der Waals surface area contributed by atoms with Gasteiger partial charge in [0.2, 0.25) is 0 Å². The molecule has 1 saturated carbocycles. The van der Waals surface area contributed by atoms with Gasteiger partial charge in [0.15, 0.2) is 0 Å². The number of carbonyl (C=O) groups excluding carboxylic acids is 2. The summed E-state index contributed by atoms with van der Waals surface area (Å²) in [6.07, 6.45) is 5.62. The van der Waals surface area contributed by atoms with Crippen molar-refractivity contribution in [3.8, 4) is 5.75 Å². The summed E-state index contributed by atoms with van der Waals surface area (Å²) in [6, 6.07) is 8.45. The molecule has 0 aromatic heterocycles. The van der Waals surface area contributed by atoms with Gasteiger partial charge in [-0.2, -0.15) is 4.21 Å². The predicted octanol–water partition coefficient (Wildman–Crippen LogP) is 1.77. The summed E-state index contributed by atoms with van der Waals surface area (Å²) in [4.78, 5) is 24.9. The van der Waals surface area contributed by atoms with Crippen molar-refractivity contribution >= 4 is 23.2 Å². The van der Waals surface area contributed by atoms with Crippen molar-refractivity contribution in [3.05, 3.63) is 42.5 Å². The van der Waals surface area contributed by atoms with E-state index < -0.39 is 23.2 Å². The minimum Gasteiger partial charge on any atom is -0.379 e. The fraction of sp³-hybridized carbons (Fsp3) is 0.375. The van der Waals surface area contributed by atoms with Crippen LogP contribution in [0.1, 0.15) is 12.8 Å². The molecule has 23 heavy (non-hydrogen) atoms. The number of fused-ring (bicyclic) bond motifs is 3. The van der Waals surface area contributed by atoms with Crippen LogP contribution in [0.15, 0.2) is 42.5 Å². The second-order valence-electron chi connectivity index (χ2n) is 5.98. The molecule has 120 valence electrons. The van der Waals surface area contributed by atoms with Gasteiger partial charge in [-0.3, -0.25) is 9.59 Å². The van der Waals surface area contributed by atoms with Crippen LogP contribution in [0, 0.1) is 23.7 Å². The highest BCUT2D eigenvalue weighted by atomic mass is 32.2. The molecular weight excluding hydrogens is 318 g/mol. The SMILES string of the molecule is O=C1C2CCC3C=CC3C2C(=O)N1OS(=O)Oc1ccccc1. The van der Waals surface area contributed by atoms with Gasteiger partial charge in [-0.25, -0.2) is 0 Å². The predicted molar refractivity (Wildman–Crippen MR) is 80.5 cm³/mol. The first kappa shape index (κ1) is 14.6. The zero-order chi connectivity index (χ0) is 16.0. The smallest absolute Gasteiger partial charge is 0.379 e. The molecule has 5 atom stereocenters. The van der Waals surface area contributed by atoms with Gasteiger partial charge in [-0.05, 0) is 36.8 Å². The lowest BCUT2D eigenvalue weighted by Gasteiger charge is -2.39. The summed E-state index contributed by atoms with van der Waals surface area (Å²) in [5.41, 5.74) is 0. The Kier molecular flexibility index (Phi) is 3.54. The van der Waals surface area contributed by atoms with E-state index in [0.717, 1.165) is 6.42 Å². The number of amides is 2. The van der Waals surface area contributed by atoms with E-state index in [2.05, 4.69) is 6.08 Å². The number of rotatable bonds is 4. The third-order valence-corrected chi connectivity index (χ3v) is 5.38. The monoisotopic (exact) mass is 333 g/mol. The van der Waals surface area contributed by atoms with E-state index in [0.29, 0.717) is 23.2 Å². The molecule has 1 saturated heterocycles. The highest BCUT2D eigenvalue weighted by Crippen LogP contribution is 2.49. The Morgan fingerprint density at radius 2 is 1.83 bits per heavy atom. The van der Waals surface area contributed by atoms with E-state index >= 15 is 0 Å². The summed E-state index contributed by atoms with van der Waals surface area (Å²) >= 11 is -2.25. The highest BCUT2D eigenvalue weighted by molar-refractivity contribution is 7.75. The zero-order valence-corrected chi connectivity index (χ0v) is 13.0. The summed E-state index contributed by atoms with van der Waals surface area (Å²) in [5.74, 6) is -0.777. The maximum absolute atomic E-state index is 12.5. The van der Waals surface area contributed by atoms with Crippen molar-refractivity contribution in [1.29, 1.82) is 0 Å². The number of imide groups is 1. The number of hydroxylamine groups is 2. The average Bonchev–Trinajstić information content (AvgIpc) is 2.73. The number of hydrogen-bond donors (Lipinski definition) is 0.